The number of carbonyl (C=O) groups excluding carboxylic acids is 1. The summed E-state index contributed by atoms with van der Waals surface area (Å²) in [6.45, 7) is -0.922. The van der Waals surface area contributed by atoms with Gasteiger partial charge in [0, 0.05) is 0 Å². The van der Waals surface area contributed by atoms with Crippen LogP contribution in [0.5, 0.6) is 0 Å². The number of aliphatic hydroxyl groups is 3. The highest BCUT2D eigenvalue weighted by Gasteiger charge is 2.66. The minimum absolute atomic E-state index is 0.922. The first-order chi connectivity index (χ1) is 7.32. The number of ether oxygens (including phenoxy) is 1. The largest absolute Gasteiger partial charge is 0.471 e. The summed E-state index contributed by atoms with van der Waals surface area (Å²) in [5.41, 5.74) is 0. The first-order valence-electron chi connectivity index (χ1n) is 4.03. The van der Waals surface area contributed by atoms with Gasteiger partial charge in [-0.25, -0.2) is 18.4 Å². The van der Waals surface area contributed by atoms with Crippen molar-refractivity contribution in [2.75, 3.05) is 6.61 Å². The monoisotopic (exact) mass is 258 g/mol. The van der Waals surface area contributed by atoms with Gasteiger partial charge < -0.3 is 20.1 Å². The van der Waals surface area contributed by atoms with Crippen LogP contribution < -0.4 is 0 Å². The van der Waals surface area contributed by atoms with Gasteiger partial charge in [0.15, 0.2) is 0 Å². The zero-order valence-corrected chi connectivity index (χ0v) is 8.54. The summed E-state index contributed by atoms with van der Waals surface area (Å²) in [5, 5.41) is 26.6. The Hall–Kier alpha value is -0.860. The van der Waals surface area contributed by atoms with Crippen molar-refractivity contribution in [1.82, 2.24) is 0 Å². The lowest BCUT2D eigenvalue weighted by Crippen LogP contribution is -2.67. The van der Waals surface area contributed by atoms with Crippen LogP contribution in [-0.2, 0) is 23.2 Å². The maximum absolute atomic E-state index is 13.5. The number of esters is 1. The number of hydrogen-bond donors (Lipinski definition) is 3. The molecule has 1 heterocycles. The number of halogens is 1. The van der Waals surface area contributed by atoms with Gasteiger partial charge in [0.05, 0.1) is 6.61 Å². The van der Waals surface area contributed by atoms with E-state index in [0.717, 1.165) is 0 Å². The molecule has 16 heavy (non-hydrogen) atoms. The summed E-state index contributed by atoms with van der Waals surface area (Å²) < 4.78 is 41.6. The van der Waals surface area contributed by atoms with Crippen LogP contribution in [0.25, 0.3) is 0 Å². The van der Waals surface area contributed by atoms with Crippen LogP contribution >= 0.6 is 7.91 Å². The Labute approximate surface area is 88.5 Å². The summed E-state index contributed by atoms with van der Waals surface area (Å²) >= 11 is 0. The number of rotatable bonds is 5. The average Bonchev–Trinajstić information content (AvgIpc) is 2.22. The van der Waals surface area contributed by atoms with Crippen molar-refractivity contribution < 1.29 is 42.9 Å². The third-order valence-corrected chi connectivity index (χ3v) is 2.39. The Kier molecular flexibility index (Phi) is 3.76. The van der Waals surface area contributed by atoms with Crippen LogP contribution in [0.4, 0.5) is 4.39 Å². The van der Waals surface area contributed by atoms with Crippen LogP contribution in [0.1, 0.15) is 0 Å². The van der Waals surface area contributed by atoms with Gasteiger partial charge in [-0.2, -0.15) is 4.39 Å². The van der Waals surface area contributed by atoms with Crippen molar-refractivity contribution in [3.05, 3.63) is 0 Å². The predicted octanol–water partition coefficient (Wildman–Crippen LogP) is -1.60. The number of cyclic esters (lactones) is 1. The topological polar surface area (TPSA) is 130 Å². The van der Waals surface area contributed by atoms with Crippen LogP contribution in [0, 0.1) is 0 Å². The minimum atomic E-state index is -3.68. The molecule has 0 aromatic heterocycles. The summed E-state index contributed by atoms with van der Waals surface area (Å²) in [6, 6.07) is 0. The van der Waals surface area contributed by atoms with E-state index in [1.165, 1.54) is 0 Å². The summed E-state index contributed by atoms with van der Waals surface area (Å²) in [4.78, 5) is 10.7. The van der Waals surface area contributed by atoms with E-state index < -0.39 is 44.7 Å². The molecule has 1 rings (SSSR count). The fourth-order valence-corrected chi connectivity index (χ4v) is 1.52. The molecule has 0 aromatic carbocycles. The van der Waals surface area contributed by atoms with Crippen molar-refractivity contribution in [3.63, 3.8) is 0 Å². The van der Waals surface area contributed by atoms with E-state index >= 15 is 0 Å². The van der Waals surface area contributed by atoms with Crippen molar-refractivity contribution in [2.45, 2.75) is 24.2 Å². The Morgan fingerprint density at radius 1 is 1.56 bits per heavy atom. The van der Waals surface area contributed by atoms with Gasteiger partial charge in [0.1, 0.15) is 12.2 Å². The van der Waals surface area contributed by atoms with Gasteiger partial charge in [-0.3, -0.25) is 0 Å². The van der Waals surface area contributed by atoms with E-state index in [9.17, 15) is 23.4 Å². The molecule has 4 atom stereocenters. The first kappa shape index (κ1) is 13.2. The molecule has 0 amide bonds. The van der Waals surface area contributed by atoms with E-state index in [2.05, 4.69) is 9.26 Å². The highest BCUT2D eigenvalue weighted by atomic mass is 31.1. The molecule has 10 heteroatoms. The minimum Gasteiger partial charge on any atom is -0.448 e. The lowest BCUT2D eigenvalue weighted by Gasteiger charge is -2.40. The standard InChI is InChI=1S/C6H8FO8P/c7-6(15-16(12)13)4(14-5(6)11)3(10)2(9)1-8/h2-4,8-10H,1H2. The second-order valence-corrected chi connectivity index (χ2v) is 3.66. The van der Waals surface area contributed by atoms with Crippen molar-refractivity contribution in [1.29, 1.82) is 0 Å². The van der Waals surface area contributed by atoms with Gasteiger partial charge in [0.2, 0.25) is 6.10 Å². The van der Waals surface area contributed by atoms with E-state index in [1.54, 1.807) is 0 Å². The molecule has 1 saturated heterocycles. The molecule has 92 valence electrons. The molecule has 0 radical (unpaired) electrons. The number of alkyl halides is 1. The lowest BCUT2D eigenvalue weighted by molar-refractivity contribution is -0.283. The van der Waals surface area contributed by atoms with Gasteiger partial charge in [0.25, 0.3) is 0 Å². The van der Waals surface area contributed by atoms with Crippen molar-refractivity contribution in [2.24, 2.45) is 0 Å². The van der Waals surface area contributed by atoms with Gasteiger partial charge in [-0.1, -0.05) is 0 Å². The molecule has 1 aliphatic rings. The third-order valence-electron chi connectivity index (χ3n) is 1.98. The van der Waals surface area contributed by atoms with E-state index in [4.69, 9.17) is 10.2 Å². The van der Waals surface area contributed by atoms with Crippen molar-refractivity contribution in [3.8, 4) is 0 Å². The van der Waals surface area contributed by atoms with E-state index in [1.807, 2.05) is 0 Å². The van der Waals surface area contributed by atoms with E-state index in [0.29, 0.717) is 0 Å². The number of aliphatic hydroxyl groups excluding tert-OH is 3. The molecule has 3 N–H and O–H groups in total. The normalized spacial score (nSPS) is 32.5. The smallest absolute Gasteiger partial charge is 0.448 e. The molecule has 0 saturated carbocycles. The first-order valence-corrected chi connectivity index (χ1v) is 5.13. The van der Waals surface area contributed by atoms with Crippen molar-refractivity contribution >= 4 is 13.9 Å². The van der Waals surface area contributed by atoms with Gasteiger partial charge >= 0.3 is 19.7 Å². The maximum atomic E-state index is 13.5. The van der Waals surface area contributed by atoms with Gasteiger partial charge in [-0.05, 0) is 0 Å². The Morgan fingerprint density at radius 2 is 2.12 bits per heavy atom. The number of carbonyl (C=O) groups is 1. The Balaban J connectivity index is 2.80. The fourth-order valence-electron chi connectivity index (χ4n) is 1.13. The summed E-state index contributed by atoms with van der Waals surface area (Å²) in [7, 11) is -3.68. The molecular formula is C6H8FO8P. The van der Waals surface area contributed by atoms with Crippen LogP contribution in [0.15, 0.2) is 0 Å². The summed E-state index contributed by atoms with van der Waals surface area (Å²) in [5.74, 6) is -4.98. The molecule has 0 spiro atoms. The zero-order valence-electron chi connectivity index (χ0n) is 7.65. The van der Waals surface area contributed by atoms with Crippen LogP contribution in [0.3, 0.4) is 0 Å². The molecule has 1 aliphatic heterocycles. The maximum Gasteiger partial charge on any atom is 0.471 e. The van der Waals surface area contributed by atoms with Gasteiger partial charge in [-0.15, -0.1) is 0 Å². The highest BCUT2D eigenvalue weighted by Crippen LogP contribution is 2.39. The molecular weight excluding hydrogens is 250 g/mol. The van der Waals surface area contributed by atoms with E-state index in [-0.39, 0.29) is 0 Å². The molecule has 0 bridgehead atoms. The van der Waals surface area contributed by atoms with Crippen LogP contribution in [0.2, 0.25) is 0 Å². The Bertz CT molecular complexity index is 348. The Morgan fingerprint density at radius 3 is 2.50 bits per heavy atom. The summed E-state index contributed by atoms with van der Waals surface area (Å²) in [6.07, 6.45) is -5.79. The highest BCUT2D eigenvalue weighted by molar-refractivity contribution is 7.24. The van der Waals surface area contributed by atoms with Crippen LogP contribution in [-0.4, -0.2) is 52.1 Å². The molecule has 8 nitrogen and oxygen atoms in total. The molecule has 1 fully saturated rings. The number of hydrogen-bond acceptors (Lipinski definition) is 8. The predicted molar refractivity (Wildman–Crippen MR) is 42.2 cm³/mol. The molecule has 4 unspecified atom stereocenters. The quantitative estimate of drug-likeness (QED) is 0.397. The second-order valence-electron chi connectivity index (χ2n) is 3.03. The zero-order chi connectivity index (χ0) is 12.5. The SMILES string of the molecule is O=C1OC(C(O)C(O)CO)C1(F)OP(=O)=O. The second kappa shape index (κ2) is 4.56. The fraction of sp³-hybridized carbons (Fsp3) is 0.833. The molecule has 0 aromatic rings. The third kappa shape index (κ3) is 2.13. The lowest BCUT2D eigenvalue weighted by atomic mass is 9.97. The molecule has 0 aliphatic carbocycles. The average molecular weight is 258 g/mol.